The van der Waals surface area contributed by atoms with E-state index in [0.717, 1.165) is 0 Å². The van der Waals surface area contributed by atoms with Crippen LogP contribution in [0.4, 0.5) is 5.95 Å². The molecule has 0 aliphatic carbocycles. The smallest absolute Gasteiger partial charge is 0.261 e. The van der Waals surface area contributed by atoms with Crippen molar-refractivity contribution in [1.82, 2.24) is 25.4 Å². The molecule has 2 aromatic rings. The number of anilines is 1. The zero-order chi connectivity index (χ0) is 12.4. The number of carbonyl (C=O) groups excluding carboxylic acids is 1. The Bertz CT molecular complexity index is 569. The van der Waals surface area contributed by atoms with Crippen LogP contribution >= 0.6 is 23.2 Å². The van der Waals surface area contributed by atoms with E-state index in [1.807, 2.05) is 0 Å². The minimum atomic E-state index is -0.509. The largest absolute Gasteiger partial charge is 0.289 e. The summed E-state index contributed by atoms with van der Waals surface area (Å²) < 4.78 is 0. The molecule has 1 amide bonds. The topological polar surface area (TPSA) is 96.5 Å². The van der Waals surface area contributed by atoms with Gasteiger partial charge in [0.2, 0.25) is 5.95 Å². The van der Waals surface area contributed by atoms with Crippen LogP contribution in [0.15, 0.2) is 6.07 Å². The van der Waals surface area contributed by atoms with Crippen molar-refractivity contribution in [2.24, 2.45) is 0 Å². The van der Waals surface area contributed by atoms with Gasteiger partial charge < -0.3 is 0 Å². The van der Waals surface area contributed by atoms with E-state index in [4.69, 9.17) is 23.2 Å². The van der Waals surface area contributed by atoms with Crippen LogP contribution in [0.2, 0.25) is 10.3 Å². The van der Waals surface area contributed by atoms with E-state index in [0.29, 0.717) is 5.82 Å². The van der Waals surface area contributed by atoms with Gasteiger partial charge in [-0.05, 0) is 13.0 Å². The molecule has 0 aliphatic rings. The lowest BCUT2D eigenvalue weighted by Gasteiger charge is -2.02. The fraction of sp³-hybridized carbons (Fsp3) is 0.125. The molecule has 0 atom stereocenters. The molecule has 0 fully saturated rings. The van der Waals surface area contributed by atoms with Crippen LogP contribution in [0.5, 0.6) is 0 Å². The van der Waals surface area contributed by atoms with E-state index >= 15 is 0 Å². The van der Waals surface area contributed by atoms with Crippen LogP contribution in [-0.2, 0) is 0 Å². The van der Waals surface area contributed by atoms with Gasteiger partial charge in [0.25, 0.3) is 5.91 Å². The molecule has 9 heteroatoms. The quantitative estimate of drug-likeness (QED) is 0.863. The Balaban J connectivity index is 2.22. The first-order chi connectivity index (χ1) is 8.06. The minimum absolute atomic E-state index is 0.0424. The molecule has 7 nitrogen and oxygen atoms in total. The number of carbonyl (C=O) groups is 1. The maximum Gasteiger partial charge on any atom is 0.261 e. The second kappa shape index (κ2) is 4.64. The highest BCUT2D eigenvalue weighted by atomic mass is 35.5. The minimum Gasteiger partial charge on any atom is -0.289 e. The van der Waals surface area contributed by atoms with Crippen molar-refractivity contribution in [1.29, 1.82) is 0 Å². The number of hydrogen-bond donors (Lipinski definition) is 2. The summed E-state index contributed by atoms with van der Waals surface area (Å²) in [5, 5.41) is 15.8. The third kappa shape index (κ3) is 2.69. The summed E-state index contributed by atoms with van der Waals surface area (Å²) in [5.41, 5.74) is 0.106. The summed E-state index contributed by atoms with van der Waals surface area (Å²) in [4.78, 5) is 15.7. The van der Waals surface area contributed by atoms with Crippen LogP contribution < -0.4 is 5.32 Å². The summed E-state index contributed by atoms with van der Waals surface area (Å²) in [6.45, 7) is 1.71. The Morgan fingerprint density at radius 3 is 2.82 bits per heavy atom. The van der Waals surface area contributed by atoms with Gasteiger partial charge in [0, 0.05) is 0 Å². The maximum atomic E-state index is 11.8. The van der Waals surface area contributed by atoms with Gasteiger partial charge in [0.15, 0.2) is 10.3 Å². The molecule has 0 saturated heterocycles. The normalized spacial score (nSPS) is 10.3. The van der Waals surface area contributed by atoms with Gasteiger partial charge in [-0.3, -0.25) is 15.2 Å². The fourth-order valence-electron chi connectivity index (χ4n) is 1.08. The van der Waals surface area contributed by atoms with Gasteiger partial charge in [0.1, 0.15) is 5.82 Å². The Morgan fingerprint density at radius 1 is 1.41 bits per heavy atom. The van der Waals surface area contributed by atoms with E-state index in [1.165, 1.54) is 6.07 Å². The van der Waals surface area contributed by atoms with Crippen molar-refractivity contribution >= 4 is 35.1 Å². The van der Waals surface area contributed by atoms with Crippen LogP contribution in [0, 0.1) is 6.92 Å². The number of aryl methyl sites for hydroxylation is 1. The number of aromatic amines is 1. The molecule has 2 N–H and O–H groups in total. The third-order valence-corrected chi connectivity index (χ3v) is 2.25. The summed E-state index contributed by atoms with van der Waals surface area (Å²) in [7, 11) is 0. The lowest BCUT2D eigenvalue weighted by Crippen LogP contribution is -2.14. The monoisotopic (exact) mass is 272 g/mol. The SMILES string of the molecule is Cc1nc(NC(=O)c2cc(Cl)nnc2Cl)n[nH]1. The van der Waals surface area contributed by atoms with Crippen molar-refractivity contribution in [2.75, 3.05) is 5.32 Å². The number of nitrogens with one attached hydrogen (secondary N) is 2. The average Bonchev–Trinajstić information content (AvgIpc) is 2.67. The Kier molecular flexibility index (Phi) is 3.21. The highest BCUT2D eigenvalue weighted by molar-refractivity contribution is 6.34. The van der Waals surface area contributed by atoms with Gasteiger partial charge in [-0.1, -0.05) is 23.2 Å². The van der Waals surface area contributed by atoms with Crippen molar-refractivity contribution in [2.45, 2.75) is 6.92 Å². The predicted octanol–water partition coefficient (Wildman–Crippen LogP) is 1.46. The van der Waals surface area contributed by atoms with Gasteiger partial charge in [-0.2, -0.15) is 4.98 Å². The van der Waals surface area contributed by atoms with E-state index in [9.17, 15) is 4.79 Å². The molecule has 88 valence electrons. The van der Waals surface area contributed by atoms with Gasteiger partial charge >= 0.3 is 0 Å². The zero-order valence-electron chi connectivity index (χ0n) is 8.53. The summed E-state index contributed by atoms with van der Waals surface area (Å²) in [6, 6.07) is 1.31. The third-order valence-electron chi connectivity index (χ3n) is 1.79. The summed E-state index contributed by atoms with van der Waals surface area (Å²) in [5.74, 6) is 0.222. The molecule has 0 bridgehead atoms. The standard InChI is InChI=1S/C8H6Cl2N6O/c1-3-11-8(16-13-3)12-7(17)4-2-5(9)14-15-6(4)10/h2H,1H3,(H2,11,12,13,16,17). The number of amides is 1. The molecule has 0 aromatic carbocycles. The van der Waals surface area contributed by atoms with Crippen molar-refractivity contribution in [3.8, 4) is 0 Å². The highest BCUT2D eigenvalue weighted by Crippen LogP contribution is 2.16. The van der Waals surface area contributed by atoms with Crippen molar-refractivity contribution in [3.63, 3.8) is 0 Å². The lowest BCUT2D eigenvalue weighted by molar-refractivity contribution is 0.102. The molecule has 2 rings (SSSR count). The lowest BCUT2D eigenvalue weighted by atomic mass is 10.3. The predicted molar refractivity (Wildman–Crippen MR) is 61.1 cm³/mol. The van der Waals surface area contributed by atoms with Gasteiger partial charge in [0.05, 0.1) is 5.56 Å². The Labute approximate surface area is 106 Å². The second-order valence-electron chi connectivity index (χ2n) is 3.07. The number of hydrogen-bond acceptors (Lipinski definition) is 5. The second-order valence-corrected chi connectivity index (χ2v) is 3.82. The van der Waals surface area contributed by atoms with Crippen molar-refractivity contribution in [3.05, 3.63) is 27.8 Å². The number of rotatable bonds is 2. The first kappa shape index (κ1) is 11.7. The molecule has 0 saturated carbocycles. The van der Waals surface area contributed by atoms with E-state index in [2.05, 4.69) is 30.7 Å². The summed E-state index contributed by atoms with van der Waals surface area (Å²) >= 11 is 11.3. The van der Waals surface area contributed by atoms with E-state index in [1.54, 1.807) is 6.92 Å². The van der Waals surface area contributed by atoms with Crippen LogP contribution in [-0.4, -0.2) is 31.3 Å². The molecule has 0 spiro atoms. The number of halogens is 2. The van der Waals surface area contributed by atoms with Gasteiger partial charge in [-0.15, -0.1) is 15.3 Å². The van der Waals surface area contributed by atoms with Crippen LogP contribution in [0.1, 0.15) is 16.2 Å². The molecular weight excluding hydrogens is 267 g/mol. The number of H-pyrrole nitrogens is 1. The molecule has 17 heavy (non-hydrogen) atoms. The Hall–Kier alpha value is -1.73. The zero-order valence-corrected chi connectivity index (χ0v) is 10.0. The molecular formula is C8H6Cl2N6O. The average molecular weight is 273 g/mol. The molecule has 0 radical (unpaired) electrons. The fourth-order valence-corrected chi connectivity index (χ4v) is 1.40. The van der Waals surface area contributed by atoms with Crippen LogP contribution in [0.3, 0.4) is 0 Å². The first-order valence-corrected chi connectivity index (χ1v) is 5.21. The molecule has 0 unspecified atom stereocenters. The Morgan fingerprint density at radius 2 is 2.18 bits per heavy atom. The van der Waals surface area contributed by atoms with Crippen LogP contribution in [0.25, 0.3) is 0 Å². The number of aromatic nitrogens is 5. The molecule has 0 aliphatic heterocycles. The summed E-state index contributed by atoms with van der Waals surface area (Å²) in [6.07, 6.45) is 0. The van der Waals surface area contributed by atoms with Crippen molar-refractivity contribution < 1.29 is 4.79 Å². The van der Waals surface area contributed by atoms with E-state index in [-0.39, 0.29) is 21.8 Å². The maximum absolute atomic E-state index is 11.8. The highest BCUT2D eigenvalue weighted by Gasteiger charge is 2.14. The molecule has 2 heterocycles. The van der Waals surface area contributed by atoms with E-state index < -0.39 is 5.91 Å². The molecule has 2 aromatic heterocycles. The number of nitrogens with zero attached hydrogens (tertiary/aromatic N) is 4. The first-order valence-electron chi connectivity index (χ1n) is 4.45. The van der Waals surface area contributed by atoms with Gasteiger partial charge in [-0.25, -0.2) is 0 Å².